The van der Waals surface area contributed by atoms with Crippen molar-refractivity contribution in [2.24, 2.45) is 0 Å². The van der Waals surface area contributed by atoms with Crippen LogP contribution in [0.2, 0.25) is 0 Å². The number of fused-ring (bicyclic) bond motifs is 1. The zero-order valence-electron chi connectivity index (χ0n) is 16.1. The number of carbonyl (C=O) groups excluding carboxylic acids is 1. The van der Waals surface area contributed by atoms with Gasteiger partial charge < -0.3 is 10.1 Å². The smallest absolute Gasteiger partial charge is 0.320 e. The second-order valence-electron chi connectivity index (χ2n) is 6.87. The molecule has 0 bridgehead atoms. The molecule has 1 unspecified atom stereocenters. The average Bonchev–Trinajstić information content (AvgIpc) is 3.05. The number of aromatic nitrogens is 2. The van der Waals surface area contributed by atoms with Gasteiger partial charge in [0.15, 0.2) is 6.61 Å². The predicted molar refractivity (Wildman–Crippen MR) is 104 cm³/mol. The highest BCUT2D eigenvalue weighted by atomic mass is 19.3. The van der Waals surface area contributed by atoms with Crippen LogP contribution >= 0.6 is 0 Å². The number of nitrogens with zero attached hydrogens (tertiary/aromatic N) is 2. The van der Waals surface area contributed by atoms with Crippen LogP contribution in [-0.4, -0.2) is 28.6 Å². The zero-order chi connectivity index (χ0) is 20.3. The number of ether oxygens (including phenoxy) is 1. The van der Waals surface area contributed by atoms with Crippen molar-refractivity contribution in [3.63, 3.8) is 0 Å². The molecule has 1 atom stereocenters. The first-order valence-electron chi connectivity index (χ1n) is 9.08. The van der Waals surface area contributed by atoms with Gasteiger partial charge in [0, 0.05) is 12.5 Å². The Morgan fingerprint density at radius 3 is 2.68 bits per heavy atom. The summed E-state index contributed by atoms with van der Waals surface area (Å²) in [5, 5.41) is 2.73. The molecule has 28 heavy (non-hydrogen) atoms. The second-order valence-corrected chi connectivity index (χ2v) is 6.87. The number of benzene rings is 2. The number of hydrogen-bond donors (Lipinski definition) is 1. The summed E-state index contributed by atoms with van der Waals surface area (Å²) in [5.74, 6) is 0.193. The SMILES string of the molecule is Cc1ccc(OCC(=O)NCC(C)c2nc3ccccc3n2C(F)F)c(C)c1. The molecule has 0 radical (unpaired) electrons. The largest absolute Gasteiger partial charge is 0.484 e. The van der Waals surface area contributed by atoms with Gasteiger partial charge >= 0.3 is 6.55 Å². The molecule has 3 aromatic rings. The first kappa shape index (κ1) is 19.8. The van der Waals surface area contributed by atoms with Gasteiger partial charge in [0.25, 0.3) is 5.91 Å². The van der Waals surface area contributed by atoms with E-state index in [0.717, 1.165) is 15.7 Å². The van der Waals surface area contributed by atoms with Crippen LogP contribution in [-0.2, 0) is 4.79 Å². The van der Waals surface area contributed by atoms with E-state index in [0.29, 0.717) is 16.8 Å². The summed E-state index contributed by atoms with van der Waals surface area (Å²) in [6, 6.07) is 12.5. The first-order valence-corrected chi connectivity index (χ1v) is 9.08. The van der Waals surface area contributed by atoms with Crippen molar-refractivity contribution in [2.45, 2.75) is 33.2 Å². The quantitative estimate of drug-likeness (QED) is 0.656. The Hall–Kier alpha value is -2.96. The number of rotatable bonds is 7. The van der Waals surface area contributed by atoms with Crippen LogP contribution in [0.4, 0.5) is 8.78 Å². The van der Waals surface area contributed by atoms with Crippen LogP contribution in [0.1, 0.15) is 36.3 Å². The summed E-state index contributed by atoms with van der Waals surface area (Å²) < 4.78 is 33.5. The van der Waals surface area contributed by atoms with E-state index in [9.17, 15) is 13.6 Å². The summed E-state index contributed by atoms with van der Waals surface area (Å²) in [4.78, 5) is 16.4. The number of halogens is 2. The minimum absolute atomic E-state index is 0.137. The van der Waals surface area contributed by atoms with Gasteiger partial charge in [-0.25, -0.2) is 4.98 Å². The number of nitrogens with one attached hydrogen (secondary N) is 1. The molecule has 0 fully saturated rings. The molecule has 1 aromatic heterocycles. The Labute approximate surface area is 162 Å². The molecule has 5 nitrogen and oxygen atoms in total. The van der Waals surface area contributed by atoms with Gasteiger partial charge in [0.05, 0.1) is 11.0 Å². The molecule has 0 aliphatic carbocycles. The second kappa shape index (κ2) is 8.37. The summed E-state index contributed by atoms with van der Waals surface area (Å²) in [6.07, 6.45) is 0. The summed E-state index contributed by atoms with van der Waals surface area (Å²) >= 11 is 0. The van der Waals surface area contributed by atoms with Crippen molar-refractivity contribution in [3.8, 4) is 5.75 Å². The number of hydrogen-bond acceptors (Lipinski definition) is 3. The summed E-state index contributed by atoms with van der Waals surface area (Å²) in [5.41, 5.74) is 2.95. The van der Waals surface area contributed by atoms with E-state index in [2.05, 4.69) is 10.3 Å². The molecule has 3 rings (SSSR count). The molecule has 0 aliphatic rings. The minimum atomic E-state index is -2.70. The third kappa shape index (κ3) is 4.30. The number of para-hydroxylation sites is 2. The maximum absolute atomic E-state index is 13.5. The molecule has 0 aliphatic heterocycles. The van der Waals surface area contributed by atoms with Gasteiger partial charge in [-0.2, -0.15) is 8.78 Å². The Bertz CT molecular complexity index is 985. The molecule has 2 aromatic carbocycles. The van der Waals surface area contributed by atoms with Crippen LogP contribution in [0.3, 0.4) is 0 Å². The number of carbonyl (C=O) groups is 1. The first-order chi connectivity index (χ1) is 13.4. The van der Waals surface area contributed by atoms with Crippen LogP contribution in [0.5, 0.6) is 5.75 Å². The van der Waals surface area contributed by atoms with E-state index in [4.69, 9.17) is 4.74 Å². The maximum atomic E-state index is 13.5. The fraction of sp³-hybridized carbons (Fsp3) is 0.333. The highest BCUT2D eigenvalue weighted by Gasteiger charge is 2.22. The van der Waals surface area contributed by atoms with Gasteiger partial charge in [0.2, 0.25) is 0 Å². The van der Waals surface area contributed by atoms with Gasteiger partial charge in [-0.1, -0.05) is 36.8 Å². The van der Waals surface area contributed by atoms with Gasteiger partial charge in [0.1, 0.15) is 11.6 Å². The number of alkyl halides is 2. The molecule has 7 heteroatoms. The standard InChI is InChI=1S/C21H23F2N3O2/c1-13-8-9-18(14(2)10-13)28-12-19(27)24-11-15(3)20-25-16-6-4-5-7-17(16)26(20)21(22)23/h4-10,15,21H,11-12H2,1-3H3,(H,24,27). The number of aryl methyl sites for hydroxylation is 2. The Morgan fingerprint density at radius 1 is 1.21 bits per heavy atom. The maximum Gasteiger partial charge on any atom is 0.320 e. The minimum Gasteiger partial charge on any atom is -0.484 e. The highest BCUT2D eigenvalue weighted by molar-refractivity contribution is 5.78. The summed E-state index contributed by atoms with van der Waals surface area (Å²) in [7, 11) is 0. The third-order valence-electron chi connectivity index (χ3n) is 4.55. The normalized spacial score (nSPS) is 12.4. The van der Waals surface area contributed by atoms with Crippen LogP contribution in [0.15, 0.2) is 42.5 Å². The van der Waals surface area contributed by atoms with Crippen molar-refractivity contribution < 1.29 is 18.3 Å². The lowest BCUT2D eigenvalue weighted by molar-refractivity contribution is -0.123. The molecule has 148 valence electrons. The average molecular weight is 387 g/mol. The van der Waals surface area contributed by atoms with Gasteiger partial charge in [-0.15, -0.1) is 0 Å². The van der Waals surface area contributed by atoms with Gasteiger partial charge in [-0.05, 0) is 37.6 Å². The van der Waals surface area contributed by atoms with Crippen molar-refractivity contribution in [3.05, 3.63) is 59.4 Å². The van der Waals surface area contributed by atoms with E-state index >= 15 is 0 Å². The lowest BCUT2D eigenvalue weighted by Gasteiger charge is -2.15. The molecule has 1 heterocycles. The monoisotopic (exact) mass is 387 g/mol. The van der Waals surface area contributed by atoms with Crippen LogP contribution in [0.25, 0.3) is 11.0 Å². The number of imidazole rings is 1. The zero-order valence-corrected chi connectivity index (χ0v) is 16.1. The Morgan fingerprint density at radius 2 is 1.96 bits per heavy atom. The van der Waals surface area contributed by atoms with Crippen LogP contribution in [0, 0.1) is 13.8 Å². The summed E-state index contributed by atoms with van der Waals surface area (Å²) in [6.45, 7) is 3.00. The van der Waals surface area contributed by atoms with Gasteiger partial charge in [-0.3, -0.25) is 9.36 Å². The molecule has 1 amide bonds. The lowest BCUT2D eigenvalue weighted by atomic mass is 10.1. The molecular weight excluding hydrogens is 364 g/mol. The van der Waals surface area contributed by atoms with Crippen molar-refractivity contribution >= 4 is 16.9 Å². The fourth-order valence-electron chi connectivity index (χ4n) is 3.13. The Balaban J connectivity index is 1.62. The molecule has 0 saturated carbocycles. The molecular formula is C21H23F2N3O2. The van der Waals surface area contributed by atoms with E-state index < -0.39 is 6.55 Å². The van der Waals surface area contributed by atoms with E-state index in [1.54, 1.807) is 31.2 Å². The van der Waals surface area contributed by atoms with Crippen molar-refractivity contribution in [1.82, 2.24) is 14.9 Å². The van der Waals surface area contributed by atoms with Crippen LogP contribution < -0.4 is 10.1 Å². The molecule has 0 saturated heterocycles. The highest BCUT2D eigenvalue weighted by Crippen LogP contribution is 2.27. The van der Waals surface area contributed by atoms with E-state index in [1.165, 1.54) is 0 Å². The van der Waals surface area contributed by atoms with Crippen molar-refractivity contribution in [1.29, 1.82) is 0 Å². The molecule has 1 N–H and O–H groups in total. The van der Waals surface area contributed by atoms with E-state index in [-0.39, 0.29) is 30.8 Å². The van der Waals surface area contributed by atoms with E-state index in [1.807, 2.05) is 32.0 Å². The van der Waals surface area contributed by atoms with Crippen molar-refractivity contribution in [2.75, 3.05) is 13.2 Å². The Kier molecular flexibility index (Phi) is 5.92. The molecule has 0 spiro atoms. The topological polar surface area (TPSA) is 56.1 Å². The lowest BCUT2D eigenvalue weighted by Crippen LogP contribution is -2.32. The number of amides is 1. The predicted octanol–water partition coefficient (Wildman–Crippen LogP) is 4.35. The fourth-order valence-corrected chi connectivity index (χ4v) is 3.13. The third-order valence-corrected chi connectivity index (χ3v) is 4.55.